The number of carbonyl (C=O) groups excluding carboxylic acids is 2. The number of phenols is 1. The third-order valence-corrected chi connectivity index (χ3v) is 26.0. The lowest BCUT2D eigenvalue weighted by Gasteiger charge is -2.74. The van der Waals surface area contributed by atoms with Crippen LogP contribution in [0.5, 0.6) is 5.75 Å². The molecular weight excluding hydrogens is 1020 g/mol. The van der Waals surface area contributed by atoms with E-state index in [1.807, 2.05) is 20.0 Å². The van der Waals surface area contributed by atoms with Gasteiger partial charge in [-0.05, 0) is 238 Å². The number of aromatic hydroxyl groups is 1. The number of benzene rings is 2. The Bertz CT molecular complexity index is 2930. The molecule has 2 spiro atoms. The third kappa shape index (κ3) is 8.53. The molecule has 0 radical (unpaired) electrons. The number of carbonyl (C=O) groups is 2. The summed E-state index contributed by atoms with van der Waals surface area (Å²) in [5.41, 5.74) is 9.98. The standard InChI is InChI=1S/C71H99N3O8/c1-39(2)26-40-27-44(31-47(72)29-40)49-12-10-13-52(49)69(6)65(82-69)62(79)51-20-19-50-43(36-75)16-15-42-17-18-46(37-76)71-33-55-63-68(5,57(71)22-21-53-61(60(51)58(42)50)56(78)34-67(53,71)4)54-14-11-25-70(63,24-9-8-23-66(3,81)38-74-55)64(80)59(54)45-28-41(35-73-7)30-48(77)32-45/h11,14,19-20,27-32,39,42-43,46,49-52,54-55,57-60,62-63,65,73-77,79,81H,8-10,12-13,15-18,21-26,33-38,72H2,1-7H3. The molecule has 0 amide bonds. The minimum absolute atomic E-state index is 0.0128. The summed E-state index contributed by atoms with van der Waals surface area (Å²) in [6.07, 6.45) is 21.8. The molecule has 446 valence electrons. The number of ether oxygens (including phenoxy) is 1. The summed E-state index contributed by atoms with van der Waals surface area (Å²) in [5, 5.41) is 68.2. The van der Waals surface area contributed by atoms with Crippen LogP contribution in [0, 0.1) is 92.7 Å². The molecule has 2 heterocycles. The van der Waals surface area contributed by atoms with Crippen molar-refractivity contribution in [1.29, 1.82) is 0 Å². The SMILES string of the molecule is CNCc1cc(O)cc(C2C(=O)C34CC=CC2C2(C)C3C(CC35C(CO)CCC6CCC(CO)C7C=CC(C(O)C8OC8(C)C8CCCC8c8cc(N)cc(CC(C)C)c8)C(C8=C(CCC23)C5(C)CC8=O)C67)NCC(C)(O)CCCC4)c1. The number of β-amino-alcohol motifs (C(OH)–C–C–N with tert-alkyl or cyclic N) is 1. The maximum atomic E-state index is 16.3. The lowest BCUT2D eigenvalue weighted by molar-refractivity contribution is -0.237. The second-order valence-corrected chi connectivity index (χ2v) is 30.7. The number of allylic oxidation sites excluding steroid dienone is 5. The summed E-state index contributed by atoms with van der Waals surface area (Å²) in [6.45, 7) is 14.6. The third-order valence-electron chi connectivity index (χ3n) is 26.0. The van der Waals surface area contributed by atoms with Crippen LogP contribution >= 0.6 is 0 Å². The molecule has 12 aliphatic rings. The van der Waals surface area contributed by atoms with Gasteiger partial charge in [-0.1, -0.05) is 89.0 Å². The zero-order valence-corrected chi connectivity index (χ0v) is 50.5. The number of hydrogen-bond donors (Lipinski definition) is 8. The molecule has 11 nitrogen and oxygen atoms in total. The van der Waals surface area contributed by atoms with Crippen LogP contribution in [-0.2, 0) is 27.3 Å². The Hall–Kier alpha value is -3.68. The first kappa shape index (κ1) is 57.4. The normalized spacial score (nSPS) is 46.0. The number of ketones is 2. The highest BCUT2D eigenvalue weighted by atomic mass is 16.6. The predicted molar refractivity (Wildman–Crippen MR) is 320 cm³/mol. The highest BCUT2D eigenvalue weighted by Crippen LogP contribution is 2.80. The van der Waals surface area contributed by atoms with Gasteiger partial charge in [-0.15, -0.1) is 0 Å². The highest BCUT2D eigenvalue weighted by Gasteiger charge is 2.78. The maximum absolute atomic E-state index is 16.3. The first-order chi connectivity index (χ1) is 39.2. The van der Waals surface area contributed by atoms with Gasteiger partial charge in [0.25, 0.3) is 0 Å². The van der Waals surface area contributed by atoms with Crippen molar-refractivity contribution < 1.29 is 39.9 Å². The zero-order valence-electron chi connectivity index (χ0n) is 50.5. The van der Waals surface area contributed by atoms with Gasteiger partial charge in [0.2, 0.25) is 0 Å². The number of aliphatic hydroxyl groups is 4. The van der Waals surface area contributed by atoms with E-state index in [1.54, 1.807) is 6.07 Å². The van der Waals surface area contributed by atoms with Gasteiger partial charge in [0, 0.05) is 61.2 Å². The van der Waals surface area contributed by atoms with Crippen molar-refractivity contribution in [2.24, 2.45) is 92.7 Å². The summed E-state index contributed by atoms with van der Waals surface area (Å²) in [5.74, 6) is 0.371. The molecule has 82 heavy (non-hydrogen) atoms. The van der Waals surface area contributed by atoms with Gasteiger partial charge in [-0.3, -0.25) is 9.59 Å². The summed E-state index contributed by atoms with van der Waals surface area (Å²) < 4.78 is 7.00. The van der Waals surface area contributed by atoms with Crippen LogP contribution in [0.4, 0.5) is 5.69 Å². The Labute approximate surface area is 489 Å². The van der Waals surface area contributed by atoms with Crippen LogP contribution in [0.25, 0.3) is 0 Å². The average molecular weight is 1120 g/mol. The van der Waals surface area contributed by atoms with Gasteiger partial charge in [0.05, 0.1) is 23.2 Å². The molecule has 2 saturated heterocycles. The zero-order chi connectivity index (χ0) is 57.6. The van der Waals surface area contributed by atoms with Crippen molar-refractivity contribution in [1.82, 2.24) is 10.6 Å². The number of nitrogens with two attached hydrogens (primary N) is 1. The molecular formula is C71H99N3O8. The maximum Gasteiger partial charge on any atom is 0.160 e. The Morgan fingerprint density at radius 3 is 2.41 bits per heavy atom. The fourth-order valence-corrected chi connectivity index (χ4v) is 23.1. The van der Waals surface area contributed by atoms with E-state index in [0.717, 1.165) is 99.4 Å². The highest BCUT2D eigenvalue weighted by molar-refractivity contribution is 6.01. The van der Waals surface area contributed by atoms with E-state index in [9.17, 15) is 25.5 Å². The number of fused-ring (bicyclic) bond motifs is 3. The largest absolute Gasteiger partial charge is 0.508 e. The summed E-state index contributed by atoms with van der Waals surface area (Å²) in [4.78, 5) is 32.6. The lowest BCUT2D eigenvalue weighted by Crippen LogP contribution is -2.74. The monoisotopic (exact) mass is 1120 g/mol. The molecule has 10 aliphatic carbocycles. The number of epoxide rings is 1. The molecule has 2 aliphatic heterocycles. The van der Waals surface area contributed by atoms with Crippen LogP contribution in [0.15, 0.2) is 71.8 Å². The van der Waals surface area contributed by atoms with Crippen molar-refractivity contribution in [2.75, 3.05) is 32.5 Å². The Morgan fingerprint density at radius 1 is 0.866 bits per heavy atom. The second-order valence-electron chi connectivity index (χ2n) is 30.7. The van der Waals surface area contributed by atoms with Gasteiger partial charge < -0.3 is 46.6 Å². The van der Waals surface area contributed by atoms with Gasteiger partial charge in [-0.2, -0.15) is 0 Å². The van der Waals surface area contributed by atoms with E-state index in [4.69, 9.17) is 10.5 Å². The smallest absolute Gasteiger partial charge is 0.160 e. The molecule has 2 aromatic carbocycles. The molecule has 2 aromatic rings. The molecule has 14 rings (SSSR count). The molecule has 22 atom stereocenters. The predicted octanol–water partition coefficient (Wildman–Crippen LogP) is 10.7. The van der Waals surface area contributed by atoms with E-state index in [1.165, 1.54) is 16.7 Å². The van der Waals surface area contributed by atoms with Crippen molar-refractivity contribution >= 4 is 17.3 Å². The first-order valence-corrected chi connectivity index (χ1v) is 32.7. The van der Waals surface area contributed by atoms with E-state index in [-0.39, 0.29) is 108 Å². The number of nitrogen functional groups attached to an aromatic ring is 1. The van der Waals surface area contributed by atoms with E-state index < -0.39 is 51.0 Å². The summed E-state index contributed by atoms with van der Waals surface area (Å²) in [6, 6.07) is 12.3. The summed E-state index contributed by atoms with van der Waals surface area (Å²) >= 11 is 0. The van der Waals surface area contributed by atoms with Gasteiger partial charge in [-0.25, -0.2) is 0 Å². The Morgan fingerprint density at radius 2 is 1.65 bits per heavy atom. The minimum atomic E-state index is -0.962. The Balaban J connectivity index is 0.954. The lowest BCUT2D eigenvalue weighted by atomic mass is 9.29. The van der Waals surface area contributed by atoms with E-state index in [0.29, 0.717) is 51.1 Å². The van der Waals surface area contributed by atoms with E-state index >= 15 is 9.59 Å². The quantitative estimate of drug-likeness (QED) is 0.0605. The molecule has 22 unspecified atom stereocenters. The molecule has 7 fully saturated rings. The molecule has 5 saturated carbocycles. The van der Waals surface area contributed by atoms with Gasteiger partial charge in [0.15, 0.2) is 5.78 Å². The first-order valence-electron chi connectivity index (χ1n) is 32.7. The van der Waals surface area contributed by atoms with Gasteiger partial charge >= 0.3 is 0 Å². The van der Waals surface area contributed by atoms with Crippen LogP contribution < -0.4 is 16.4 Å². The number of rotatable bonds is 11. The topological polar surface area (TPSA) is 198 Å². The molecule has 6 bridgehead atoms. The summed E-state index contributed by atoms with van der Waals surface area (Å²) in [7, 11) is 1.91. The Kier molecular flexibility index (Phi) is 14.5. The van der Waals surface area contributed by atoms with Crippen LogP contribution in [-0.4, -0.2) is 93.4 Å². The van der Waals surface area contributed by atoms with Crippen LogP contribution in [0.2, 0.25) is 0 Å². The number of nitrogens with one attached hydrogen (secondary N) is 2. The number of phenolic OH excluding ortho intramolecular Hbond substituents is 1. The number of aliphatic hydroxyl groups excluding tert-OH is 3. The van der Waals surface area contributed by atoms with Crippen molar-refractivity contribution in [2.45, 2.75) is 199 Å². The van der Waals surface area contributed by atoms with E-state index in [2.05, 4.69) is 93.8 Å². The molecule has 0 aromatic heterocycles. The average Bonchev–Trinajstić information content (AvgIpc) is 1.16. The van der Waals surface area contributed by atoms with Crippen molar-refractivity contribution in [3.63, 3.8) is 0 Å². The van der Waals surface area contributed by atoms with Crippen LogP contribution in [0.1, 0.15) is 178 Å². The molecule has 11 heteroatoms. The van der Waals surface area contributed by atoms with Crippen molar-refractivity contribution in [3.8, 4) is 5.75 Å². The fraction of sp³-hybridized carbons (Fsp3) is 0.718. The second kappa shape index (κ2) is 20.8. The molecule has 9 N–H and O–H groups in total. The van der Waals surface area contributed by atoms with Gasteiger partial charge in [0.1, 0.15) is 17.6 Å². The number of hydrogen-bond acceptors (Lipinski definition) is 11. The fourth-order valence-electron chi connectivity index (χ4n) is 23.1. The van der Waals surface area contributed by atoms with Crippen LogP contribution in [0.3, 0.4) is 0 Å². The number of Topliss-reactive ketones (excluding diaryl/α,β-unsaturated/α-hetero) is 2. The number of anilines is 1. The van der Waals surface area contributed by atoms with Crippen molar-refractivity contribution in [3.05, 3.63) is 94.1 Å². The minimum Gasteiger partial charge on any atom is -0.508 e.